The predicted molar refractivity (Wildman–Crippen MR) is 87.2 cm³/mol. The summed E-state index contributed by atoms with van der Waals surface area (Å²) in [6, 6.07) is 18.2. The van der Waals surface area contributed by atoms with Crippen LogP contribution in [0.2, 0.25) is 0 Å². The summed E-state index contributed by atoms with van der Waals surface area (Å²) in [6.07, 6.45) is 0.832. The van der Waals surface area contributed by atoms with Gasteiger partial charge in [0.25, 0.3) is 0 Å². The second-order valence-electron chi connectivity index (χ2n) is 5.02. The van der Waals surface area contributed by atoms with Crippen LogP contribution in [0.4, 0.5) is 5.69 Å². The normalized spacial score (nSPS) is 10.9. The summed E-state index contributed by atoms with van der Waals surface area (Å²) in [4.78, 5) is 4.82. The first-order valence-electron chi connectivity index (χ1n) is 7.02. The Morgan fingerprint density at radius 1 is 1.05 bits per heavy atom. The number of benzene rings is 2. The summed E-state index contributed by atoms with van der Waals surface area (Å²) in [6.45, 7) is 0.677. The highest BCUT2D eigenvalue weighted by Gasteiger charge is 2.08. The Bertz CT molecular complexity index is 754. The molecule has 106 valence electrons. The SMILES string of the molecule is COCCc1cccc2c(N)cc(-c3ccccc3)nc12. The van der Waals surface area contributed by atoms with Gasteiger partial charge in [-0.1, -0.05) is 48.5 Å². The van der Waals surface area contributed by atoms with Crippen molar-refractivity contribution in [2.75, 3.05) is 19.5 Å². The number of fused-ring (bicyclic) bond motifs is 1. The molecule has 3 aromatic rings. The highest BCUT2D eigenvalue weighted by Crippen LogP contribution is 2.28. The Labute approximate surface area is 124 Å². The summed E-state index contributed by atoms with van der Waals surface area (Å²) in [5, 5.41) is 1.00. The maximum absolute atomic E-state index is 6.22. The van der Waals surface area contributed by atoms with Crippen LogP contribution in [0.25, 0.3) is 22.2 Å². The molecule has 0 aliphatic heterocycles. The van der Waals surface area contributed by atoms with Gasteiger partial charge in [-0.3, -0.25) is 0 Å². The quantitative estimate of drug-likeness (QED) is 0.792. The molecule has 0 bridgehead atoms. The van der Waals surface area contributed by atoms with E-state index in [1.165, 1.54) is 5.56 Å². The molecule has 0 spiro atoms. The molecule has 1 heterocycles. The van der Waals surface area contributed by atoms with Crippen molar-refractivity contribution in [3.8, 4) is 11.3 Å². The molecule has 0 saturated heterocycles. The first-order chi connectivity index (χ1) is 10.3. The van der Waals surface area contributed by atoms with E-state index in [-0.39, 0.29) is 0 Å². The molecule has 21 heavy (non-hydrogen) atoms. The van der Waals surface area contributed by atoms with Crippen LogP contribution in [0, 0.1) is 0 Å². The molecule has 3 rings (SSSR count). The Hall–Kier alpha value is -2.39. The number of ether oxygens (including phenoxy) is 1. The van der Waals surface area contributed by atoms with Gasteiger partial charge in [0.1, 0.15) is 0 Å². The Morgan fingerprint density at radius 3 is 2.62 bits per heavy atom. The highest BCUT2D eigenvalue weighted by molar-refractivity contribution is 5.94. The second-order valence-corrected chi connectivity index (χ2v) is 5.02. The molecule has 0 fully saturated rings. The highest BCUT2D eigenvalue weighted by atomic mass is 16.5. The molecule has 0 amide bonds. The predicted octanol–water partition coefficient (Wildman–Crippen LogP) is 3.67. The molecule has 3 heteroatoms. The minimum Gasteiger partial charge on any atom is -0.398 e. The van der Waals surface area contributed by atoms with E-state index in [0.717, 1.165) is 34.3 Å². The third-order valence-electron chi connectivity index (χ3n) is 3.60. The molecule has 0 aliphatic rings. The number of aromatic nitrogens is 1. The summed E-state index contributed by atoms with van der Waals surface area (Å²) < 4.78 is 5.18. The Balaban J connectivity index is 2.17. The molecule has 3 nitrogen and oxygen atoms in total. The molecular weight excluding hydrogens is 260 g/mol. The van der Waals surface area contributed by atoms with E-state index in [0.29, 0.717) is 6.61 Å². The summed E-state index contributed by atoms with van der Waals surface area (Å²) in [5.74, 6) is 0. The minimum absolute atomic E-state index is 0.677. The zero-order valence-electron chi connectivity index (χ0n) is 12.0. The van der Waals surface area contributed by atoms with Gasteiger partial charge in [0.05, 0.1) is 17.8 Å². The molecule has 0 radical (unpaired) electrons. The van der Waals surface area contributed by atoms with Crippen LogP contribution in [0.3, 0.4) is 0 Å². The molecule has 0 unspecified atom stereocenters. The number of hydrogen-bond acceptors (Lipinski definition) is 3. The standard InChI is InChI=1S/C18H18N2O/c1-21-11-10-14-8-5-9-15-16(19)12-17(20-18(14)15)13-6-3-2-4-7-13/h2-9,12H,10-11H2,1H3,(H2,19,20). The third-order valence-corrected chi connectivity index (χ3v) is 3.60. The number of pyridine rings is 1. The molecule has 2 N–H and O–H groups in total. The zero-order chi connectivity index (χ0) is 14.7. The fourth-order valence-corrected chi connectivity index (χ4v) is 2.50. The third kappa shape index (κ3) is 2.73. The van der Waals surface area contributed by atoms with Gasteiger partial charge in [0, 0.05) is 23.7 Å². The number of hydrogen-bond donors (Lipinski definition) is 1. The van der Waals surface area contributed by atoms with Gasteiger partial charge in [-0.15, -0.1) is 0 Å². The van der Waals surface area contributed by atoms with E-state index in [2.05, 4.69) is 6.07 Å². The van der Waals surface area contributed by atoms with E-state index in [1.54, 1.807) is 7.11 Å². The second kappa shape index (κ2) is 5.94. The van der Waals surface area contributed by atoms with Gasteiger partial charge in [0.15, 0.2) is 0 Å². The van der Waals surface area contributed by atoms with Crippen molar-refractivity contribution < 1.29 is 4.74 Å². The van der Waals surface area contributed by atoms with Crippen LogP contribution >= 0.6 is 0 Å². The average Bonchev–Trinajstić information content (AvgIpc) is 2.54. The van der Waals surface area contributed by atoms with Crippen LogP contribution < -0.4 is 5.73 Å². The van der Waals surface area contributed by atoms with Crippen LogP contribution in [0.1, 0.15) is 5.56 Å². The van der Waals surface area contributed by atoms with Crippen molar-refractivity contribution in [1.29, 1.82) is 0 Å². The Morgan fingerprint density at radius 2 is 1.86 bits per heavy atom. The number of methoxy groups -OCH3 is 1. The van der Waals surface area contributed by atoms with Crippen LogP contribution in [0.15, 0.2) is 54.6 Å². The van der Waals surface area contributed by atoms with E-state index in [4.69, 9.17) is 15.5 Å². The van der Waals surface area contributed by atoms with Crippen LogP contribution in [0.5, 0.6) is 0 Å². The summed E-state index contributed by atoms with van der Waals surface area (Å²) in [7, 11) is 1.71. The van der Waals surface area contributed by atoms with Gasteiger partial charge in [-0.05, 0) is 18.1 Å². The lowest BCUT2D eigenvalue weighted by atomic mass is 10.0. The van der Waals surface area contributed by atoms with Crippen LogP contribution in [-0.4, -0.2) is 18.7 Å². The fourth-order valence-electron chi connectivity index (χ4n) is 2.50. The minimum atomic E-state index is 0.677. The Kier molecular flexibility index (Phi) is 3.84. The van der Waals surface area contributed by atoms with Crippen LogP contribution in [-0.2, 0) is 11.2 Å². The smallest absolute Gasteiger partial charge is 0.0763 e. The maximum atomic E-state index is 6.22. The van der Waals surface area contributed by atoms with E-state index >= 15 is 0 Å². The van der Waals surface area contributed by atoms with Crippen molar-refractivity contribution in [2.24, 2.45) is 0 Å². The van der Waals surface area contributed by atoms with Crippen molar-refractivity contribution in [1.82, 2.24) is 4.98 Å². The van der Waals surface area contributed by atoms with E-state index in [9.17, 15) is 0 Å². The lowest BCUT2D eigenvalue weighted by molar-refractivity contribution is 0.202. The maximum Gasteiger partial charge on any atom is 0.0763 e. The molecule has 2 aromatic carbocycles. The first kappa shape index (κ1) is 13.6. The monoisotopic (exact) mass is 278 g/mol. The van der Waals surface area contributed by atoms with Gasteiger partial charge in [-0.25, -0.2) is 4.98 Å². The molecule has 0 atom stereocenters. The fraction of sp³-hybridized carbons (Fsp3) is 0.167. The number of rotatable bonds is 4. The van der Waals surface area contributed by atoms with Crippen molar-refractivity contribution in [2.45, 2.75) is 6.42 Å². The molecule has 1 aromatic heterocycles. The molecule has 0 aliphatic carbocycles. The molecule has 0 saturated carbocycles. The zero-order valence-corrected chi connectivity index (χ0v) is 12.0. The first-order valence-corrected chi connectivity index (χ1v) is 7.02. The number of nitrogens with zero attached hydrogens (tertiary/aromatic N) is 1. The van der Waals surface area contributed by atoms with Crippen molar-refractivity contribution in [3.63, 3.8) is 0 Å². The van der Waals surface area contributed by atoms with E-state index in [1.807, 2.05) is 48.5 Å². The summed E-state index contributed by atoms with van der Waals surface area (Å²) >= 11 is 0. The van der Waals surface area contributed by atoms with E-state index < -0.39 is 0 Å². The largest absolute Gasteiger partial charge is 0.398 e. The average molecular weight is 278 g/mol. The molecular formula is C18H18N2O. The van der Waals surface area contributed by atoms with Crippen molar-refractivity contribution >= 4 is 16.6 Å². The van der Waals surface area contributed by atoms with Gasteiger partial charge < -0.3 is 10.5 Å². The number of anilines is 1. The topological polar surface area (TPSA) is 48.1 Å². The van der Waals surface area contributed by atoms with Crippen molar-refractivity contribution in [3.05, 3.63) is 60.2 Å². The van der Waals surface area contributed by atoms with Gasteiger partial charge in [-0.2, -0.15) is 0 Å². The number of para-hydroxylation sites is 1. The number of nitrogens with two attached hydrogens (primary N) is 1. The van der Waals surface area contributed by atoms with Gasteiger partial charge in [0.2, 0.25) is 0 Å². The number of nitrogen functional groups attached to an aromatic ring is 1. The lowest BCUT2D eigenvalue weighted by Crippen LogP contribution is -1.99. The summed E-state index contributed by atoms with van der Waals surface area (Å²) in [5.41, 5.74) is 11.1. The van der Waals surface area contributed by atoms with Gasteiger partial charge >= 0.3 is 0 Å². The lowest BCUT2D eigenvalue weighted by Gasteiger charge is -2.10.